The van der Waals surface area contributed by atoms with Crippen molar-refractivity contribution in [3.8, 4) is 0 Å². The van der Waals surface area contributed by atoms with Crippen LogP contribution in [0.15, 0.2) is 28.4 Å². The topological polar surface area (TPSA) is 65.8 Å². The van der Waals surface area contributed by atoms with Gasteiger partial charge in [0.15, 0.2) is 0 Å². The molecular weight excluding hydrogens is 202 g/mol. The van der Waals surface area contributed by atoms with E-state index in [1.807, 2.05) is 0 Å². The molecule has 0 bridgehead atoms. The second-order valence-corrected chi connectivity index (χ2v) is 4.79. The van der Waals surface area contributed by atoms with E-state index in [1.54, 1.807) is 6.08 Å². The average molecular weight is 219 g/mol. The molecule has 4 nitrogen and oxygen atoms in total. The molecule has 0 aliphatic heterocycles. The van der Waals surface area contributed by atoms with Gasteiger partial charge in [-0.15, -0.1) is 0 Å². The van der Waals surface area contributed by atoms with Crippen LogP contribution >= 0.6 is 0 Å². The van der Waals surface area contributed by atoms with E-state index in [0.29, 0.717) is 0 Å². The van der Waals surface area contributed by atoms with Crippen molar-refractivity contribution in [2.24, 2.45) is 10.5 Å². The van der Waals surface area contributed by atoms with Crippen molar-refractivity contribution >= 4 is 5.91 Å². The first-order valence-electron chi connectivity index (χ1n) is 5.45. The summed E-state index contributed by atoms with van der Waals surface area (Å²) in [5.74, 6) is -0.538. The molecule has 1 aliphatic rings. The van der Waals surface area contributed by atoms with Gasteiger partial charge >= 0.3 is 0 Å². The molecule has 0 unspecified atom stereocenters. The van der Waals surface area contributed by atoms with Crippen LogP contribution in [0.3, 0.4) is 0 Å². The number of nitrogens with zero attached hydrogens (tertiary/aromatic N) is 3. The van der Waals surface area contributed by atoms with Crippen molar-refractivity contribution in [1.29, 1.82) is 0 Å². The van der Waals surface area contributed by atoms with Gasteiger partial charge in [-0.05, 0) is 53.9 Å². The Morgan fingerprint density at radius 1 is 1.56 bits per heavy atom. The number of rotatable bonds is 2. The molecule has 1 rings (SSSR count). The fourth-order valence-electron chi connectivity index (χ4n) is 2.24. The SMILES string of the molecule is CC1=C(/C=C/C(=O)N=[N+]=[N-])C(C)(C)CCC1. The van der Waals surface area contributed by atoms with Gasteiger partial charge in [-0.2, -0.15) is 0 Å². The van der Waals surface area contributed by atoms with Gasteiger partial charge in [0, 0.05) is 4.91 Å². The fourth-order valence-corrected chi connectivity index (χ4v) is 2.24. The molecule has 0 atom stereocenters. The fraction of sp³-hybridized carbons (Fsp3) is 0.583. The highest BCUT2D eigenvalue weighted by Gasteiger charge is 2.26. The maximum absolute atomic E-state index is 11.1. The minimum absolute atomic E-state index is 0.107. The lowest BCUT2D eigenvalue weighted by Gasteiger charge is -2.32. The quantitative estimate of drug-likeness (QED) is 0.300. The first kappa shape index (κ1) is 12.5. The van der Waals surface area contributed by atoms with Gasteiger partial charge in [0.1, 0.15) is 0 Å². The Morgan fingerprint density at radius 3 is 2.81 bits per heavy atom. The molecule has 1 aliphatic carbocycles. The van der Waals surface area contributed by atoms with Crippen molar-refractivity contribution in [3.63, 3.8) is 0 Å². The molecule has 0 saturated heterocycles. The molecule has 0 spiro atoms. The molecule has 0 heterocycles. The Labute approximate surface area is 95.7 Å². The Kier molecular flexibility index (Phi) is 3.91. The van der Waals surface area contributed by atoms with Crippen LogP contribution in [0.2, 0.25) is 0 Å². The van der Waals surface area contributed by atoms with Crippen LogP contribution in [0.1, 0.15) is 40.0 Å². The van der Waals surface area contributed by atoms with E-state index in [1.165, 1.54) is 23.6 Å². The molecule has 86 valence electrons. The Hall–Kier alpha value is -1.54. The maximum atomic E-state index is 11.1. The van der Waals surface area contributed by atoms with Crippen LogP contribution in [0, 0.1) is 5.41 Å². The third-order valence-corrected chi connectivity index (χ3v) is 3.08. The van der Waals surface area contributed by atoms with Gasteiger partial charge in [0.05, 0.1) is 0 Å². The summed E-state index contributed by atoms with van der Waals surface area (Å²) in [6.45, 7) is 6.44. The van der Waals surface area contributed by atoms with Crippen LogP contribution in [0.4, 0.5) is 0 Å². The van der Waals surface area contributed by atoms with Crippen molar-refractivity contribution in [2.75, 3.05) is 0 Å². The average Bonchev–Trinajstić information content (AvgIpc) is 2.16. The Balaban J connectivity index is 2.93. The predicted molar refractivity (Wildman–Crippen MR) is 63.6 cm³/mol. The number of carbonyl (C=O) groups excluding carboxylic acids is 1. The molecule has 1 amide bonds. The number of hydrogen-bond acceptors (Lipinski definition) is 1. The minimum atomic E-state index is -0.538. The van der Waals surface area contributed by atoms with Crippen molar-refractivity contribution in [2.45, 2.75) is 40.0 Å². The highest BCUT2D eigenvalue weighted by atomic mass is 16.1. The van der Waals surface area contributed by atoms with Gasteiger partial charge in [0.2, 0.25) is 5.91 Å². The molecule has 0 fully saturated rings. The van der Waals surface area contributed by atoms with Gasteiger partial charge in [-0.1, -0.05) is 25.5 Å². The van der Waals surface area contributed by atoms with Crippen molar-refractivity contribution < 1.29 is 4.79 Å². The summed E-state index contributed by atoms with van der Waals surface area (Å²) >= 11 is 0. The van der Waals surface area contributed by atoms with Gasteiger partial charge in [-0.3, -0.25) is 4.79 Å². The molecule has 4 heteroatoms. The first-order chi connectivity index (χ1) is 7.47. The highest BCUT2D eigenvalue weighted by Crippen LogP contribution is 2.40. The minimum Gasteiger partial charge on any atom is -0.288 e. The van der Waals surface area contributed by atoms with E-state index >= 15 is 0 Å². The lowest BCUT2D eigenvalue weighted by atomic mass is 9.73. The predicted octanol–water partition coefficient (Wildman–Crippen LogP) is 3.91. The van der Waals surface area contributed by atoms with Crippen LogP contribution in [-0.4, -0.2) is 5.91 Å². The Morgan fingerprint density at radius 2 is 2.25 bits per heavy atom. The zero-order chi connectivity index (χ0) is 12.2. The normalized spacial score (nSPS) is 19.7. The van der Waals surface area contributed by atoms with Gasteiger partial charge in [-0.25, -0.2) is 0 Å². The van der Waals surface area contributed by atoms with Crippen LogP contribution < -0.4 is 0 Å². The van der Waals surface area contributed by atoms with E-state index in [4.69, 9.17) is 5.53 Å². The lowest BCUT2D eigenvalue weighted by molar-refractivity contribution is -0.113. The van der Waals surface area contributed by atoms with Crippen LogP contribution in [-0.2, 0) is 4.79 Å². The summed E-state index contributed by atoms with van der Waals surface area (Å²) in [5, 5.41) is 3.01. The van der Waals surface area contributed by atoms with E-state index in [2.05, 4.69) is 30.8 Å². The molecule has 0 radical (unpaired) electrons. The van der Waals surface area contributed by atoms with Crippen molar-refractivity contribution in [3.05, 3.63) is 33.7 Å². The number of hydrogen-bond donors (Lipinski definition) is 0. The largest absolute Gasteiger partial charge is 0.288 e. The summed E-state index contributed by atoms with van der Waals surface area (Å²) in [6, 6.07) is 0. The van der Waals surface area contributed by atoms with Gasteiger partial charge < -0.3 is 0 Å². The zero-order valence-electron chi connectivity index (χ0n) is 10.0. The smallest absolute Gasteiger partial charge is 0.241 e. The molecule has 0 aromatic rings. The summed E-state index contributed by atoms with van der Waals surface area (Å²) in [6.07, 6.45) is 6.55. The maximum Gasteiger partial charge on any atom is 0.241 e. The molecule has 16 heavy (non-hydrogen) atoms. The van der Waals surface area contributed by atoms with E-state index in [0.717, 1.165) is 12.8 Å². The van der Waals surface area contributed by atoms with Crippen LogP contribution in [0.25, 0.3) is 10.4 Å². The van der Waals surface area contributed by atoms with Crippen molar-refractivity contribution in [1.82, 2.24) is 0 Å². The molecule has 0 saturated carbocycles. The van der Waals surface area contributed by atoms with E-state index < -0.39 is 5.91 Å². The highest BCUT2D eigenvalue weighted by molar-refractivity contribution is 5.88. The number of carbonyl (C=O) groups is 1. The second kappa shape index (κ2) is 4.99. The molecule has 0 aromatic carbocycles. The van der Waals surface area contributed by atoms with E-state index in [9.17, 15) is 4.79 Å². The number of allylic oxidation sites excluding steroid dienone is 3. The second-order valence-electron chi connectivity index (χ2n) is 4.79. The summed E-state index contributed by atoms with van der Waals surface area (Å²) in [4.78, 5) is 13.5. The van der Waals surface area contributed by atoms with Crippen LogP contribution in [0.5, 0.6) is 0 Å². The van der Waals surface area contributed by atoms with Gasteiger partial charge in [0.25, 0.3) is 0 Å². The summed E-state index contributed by atoms with van der Waals surface area (Å²) in [5.41, 5.74) is 10.7. The molecule has 0 aromatic heterocycles. The number of amides is 1. The monoisotopic (exact) mass is 219 g/mol. The third kappa shape index (κ3) is 2.97. The number of azide groups is 1. The standard InChI is InChI=1S/C12H17N3O/c1-9-5-4-8-12(2,3)10(9)6-7-11(16)14-15-13/h6-7H,4-5,8H2,1-3H3/b7-6+. The lowest BCUT2D eigenvalue weighted by Crippen LogP contribution is -2.19. The molecular formula is C12H17N3O. The zero-order valence-corrected chi connectivity index (χ0v) is 10.0. The summed E-state index contributed by atoms with van der Waals surface area (Å²) < 4.78 is 0. The third-order valence-electron chi connectivity index (χ3n) is 3.08. The first-order valence-corrected chi connectivity index (χ1v) is 5.45. The van der Waals surface area contributed by atoms with E-state index in [-0.39, 0.29) is 5.41 Å². The Bertz CT molecular complexity index is 398. The molecule has 0 N–H and O–H groups in total. The summed E-state index contributed by atoms with van der Waals surface area (Å²) in [7, 11) is 0.